The normalized spacial score (nSPS) is 26.8. The van der Waals surface area contributed by atoms with Gasteiger partial charge in [-0.1, -0.05) is 12.8 Å². The van der Waals surface area contributed by atoms with Gasteiger partial charge in [-0.2, -0.15) is 0 Å². The molecule has 8 nitrogen and oxygen atoms in total. The van der Waals surface area contributed by atoms with Crippen LogP contribution in [0.25, 0.3) is 0 Å². The van der Waals surface area contributed by atoms with E-state index in [1.807, 2.05) is 0 Å². The van der Waals surface area contributed by atoms with Gasteiger partial charge in [0.1, 0.15) is 18.5 Å². The Bertz CT molecular complexity index is 835. The van der Waals surface area contributed by atoms with E-state index in [4.69, 9.17) is 14.6 Å². The van der Waals surface area contributed by atoms with Crippen LogP contribution in [-0.2, 0) is 14.3 Å². The molecule has 1 saturated carbocycles. The van der Waals surface area contributed by atoms with E-state index in [-0.39, 0.29) is 49.0 Å². The fourth-order valence-electron chi connectivity index (χ4n) is 4.73. The molecule has 8 heteroatoms. The van der Waals surface area contributed by atoms with Crippen LogP contribution in [0.4, 0.5) is 5.69 Å². The molecule has 1 aliphatic carbocycles. The molecule has 2 heterocycles. The van der Waals surface area contributed by atoms with Gasteiger partial charge in [-0.25, -0.2) is 0 Å². The van der Waals surface area contributed by atoms with E-state index in [1.165, 1.54) is 0 Å². The molecule has 2 aliphatic heterocycles. The number of nitrogens with one attached hydrogen (secondary N) is 1. The number of likely N-dealkylation sites (N-methyl/N-ethyl adjacent to an activating group) is 1. The van der Waals surface area contributed by atoms with E-state index in [0.29, 0.717) is 29.8 Å². The topological polar surface area (TPSA) is 105 Å². The fraction of sp³-hybridized carbons (Fsp3) is 0.591. The summed E-state index contributed by atoms with van der Waals surface area (Å²) in [5, 5.41) is 12.0. The van der Waals surface area contributed by atoms with Crippen LogP contribution in [0.1, 0.15) is 55.3 Å². The van der Waals surface area contributed by atoms with Crippen molar-refractivity contribution in [2.75, 3.05) is 19.0 Å². The Morgan fingerprint density at radius 2 is 1.97 bits per heavy atom. The largest absolute Gasteiger partial charge is 0.490 e. The highest BCUT2D eigenvalue weighted by Gasteiger charge is 2.39. The van der Waals surface area contributed by atoms with Crippen molar-refractivity contribution in [2.45, 2.75) is 63.2 Å². The lowest BCUT2D eigenvalue weighted by atomic mass is 9.94. The Balaban J connectivity index is 1.51. The second-order valence-corrected chi connectivity index (χ2v) is 8.45. The molecule has 3 atom stereocenters. The number of carboxylic acids is 1. The number of carbonyl (C=O) groups excluding carboxylic acids is 2. The molecule has 0 unspecified atom stereocenters. The highest BCUT2D eigenvalue weighted by atomic mass is 16.5. The van der Waals surface area contributed by atoms with Gasteiger partial charge in [0.05, 0.1) is 24.1 Å². The van der Waals surface area contributed by atoms with Gasteiger partial charge in [0, 0.05) is 18.7 Å². The lowest BCUT2D eigenvalue weighted by Gasteiger charge is -2.42. The standard InChI is InChI=1S/C22H28N2O6/c1-24-17-8-7-15(11-20(25)26)30-19(17)12-29-18-9-6-14(10-16(18)22(24)28)23-21(27)13-4-2-3-5-13/h6,9-10,13,15,17,19H,2-5,7-8,11-12H2,1H3,(H,23,27)(H,25,26)/t15-,17-,19-/m1/s1. The van der Waals surface area contributed by atoms with Crippen LogP contribution < -0.4 is 10.1 Å². The molecule has 0 aromatic heterocycles. The molecule has 2 fully saturated rings. The first-order chi connectivity index (χ1) is 14.4. The fourth-order valence-corrected chi connectivity index (χ4v) is 4.73. The maximum Gasteiger partial charge on any atom is 0.305 e. The molecule has 1 aromatic rings. The third-order valence-corrected chi connectivity index (χ3v) is 6.41. The molecule has 0 bridgehead atoms. The van der Waals surface area contributed by atoms with Crippen LogP contribution in [0.3, 0.4) is 0 Å². The Hall–Kier alpha value is -2.61. The van der Waals surface area contributed by atoms with Crippen molar-refractivity contribution in [2.24, 2.45) is 5.92 Å². The van der Waals surface area contributed by atoms with Crippen LogP contribution in [0, 0.1) is 5.92 Å². The van der Waals surface area contributed by atoms with E-state index in [0.717, 1.165) is 25.7 Å². The summed E-state index contributed by atoms with van der Waals surface area (Å²) in [7, 11) is 1.74. The van der Waals surface area contributed by atoms with Gasteiger partial charge in [-0.15, -0.1) is 0 Å². The number of benzene rings is 1. The third kappa shape index (κ3) is 4.28. The Morgan fingerprint density at radius 1 is 1.20 bits per heavy atom. The highest BCUT2D eigenvalue weighted by molar-refractivity contribution is 6.00. The summed E-state index contributed by atoms with van der Waals surface area (Å²) >= 11 is 0. The highest BCUT2D eigenvalue weighted by Crippen LogP contribution is 2.33. The molecule has 0 radical (unpaired) electrons. The lowest BCUT2D eigenvalue weighted by Crippen LogP contribution is -2.53. The maximum atomic E-state index is 13.2. The zero-order chi connectivity index (χ0) is 21.3. The van der Waals surface area contributed by atoms with Crippen molar-refractivity contribution in [3.05, 3.63) is 23.8 Å². The second-order valence-electron chi connectivity index (χ2n) is 8.45. The minimum Gasteiger partial charge on any atom is -0.490 e. The first-order valence-corrected chi connectivity index (χ1v) is 10.6. The van der Waals surface area contributed by atoms with Crippen LogP contribution >= 0.6 is 0 Å². The van der Waals surface area contributed by atoms with Gasteiger partial charge in [-0.05, 0) is 43.9 Å². The Morgan fingerprint density at radius 3 is 2.70 bits per heavy atom. The molecule has 30 heavy (non-hydrogen) atoms. The summed E-state index contributed by atoms with van der Waals surface area (Å²) in [5.41, 5.74) is 1.00. The van der Waals surface area contributed by atoms with Crippen molar-refractivity contribution in [1.29, 1.82) is 0 Å². The molecular formula is C22H28N2O6. The molecular weight excluding hydrogens is 388 g/mol. The molecule has 162 valence electrons. The molecule has 2 N–H and O–H groups in total. The number of anilines is 1. The van der Waals surface area contributed by atoms with E-state index in [2.05, 4.69) is 5.32 Å². The van der Waals surface area contributed by atoms with Gasteiger partial charge in [-0.3, -0.25) is 14.4 Å². The number of carboxylic acid groups (broad SMARTS) is 1. The molecule has 2 amide bonds. The van der Waals surface area contributed by atoms with E-state index >= 15 is 0 Å². The maximum absolute atomic E-state index is 13.2. The summed E-state index contributed by atoms with van der Waals surface area (Å²) in [5.74, 6) is -0.608. The quantitative estimate of drug-likeness (QED) is 0.782. The van der Waals surface area contributed by atoms with Crippen LogP contribution in [-0.4, -0.2) is 59.7 Å². The number of hydrogen-bond donors (Lipinski definition) is 2. The average Bonchev–Trinajstić information content (AvgIpc) is 3.26. The number of aliphatic carboxylic acids is 1. The average molecular weight is 416 g/mol. The van der Waals surface area contributed by atoms with E-state index < -0.39 is 5.97 Å². The van der Waals surface area contributed by atoms with Crippen molar-refractivity contribution in [3.63, 3.8) is 0 Å². The van der Waals surface area contributed by atoms with Crippen LogP contribution in [0.2, 0.25) is 0 Å². The number of fused-ring (bicyclic) bond motifs is 2. The summed E-state index contributed by atoms with van der Waals surface area (Å²) < 4.78 is 11.8. The first kappa shape index (κ1) is 20.7. The molecule has 1 aromatic carbocycles. The number of rotatable bonds is 4. The van der Waals surface area contributed by atoms with Crippen molar-refractivity contribution in [3.8, 4) is 5.75 Å². The minimum absolute atomic E-state index is 0.00485. The zero-order valence-electron chi connectivity index (χ0n) is 17.1. The first-order valence-electron chi connectivity index (χ1n) is 10.6. The summed E-state index contributed by atoms with van der Waals surface area (Å²) in [4.78, 5) is 38.3. The number of carbonyl (C=O) groups is 3. The third-order valence-electron chi connectivity index (χ3n) is 6.41. The van der Waals surface area contributed by atoms with Crippen molar-refractivity contribution >= 4 is 23.5 Å². The van der Waals surface area contributed by atoms with Gasteiger partial charge in [0.2, 0.25) is 5.91 Å². The SMILES string of the molecule is CN1C(=O)c2cc(NC(=O)C3CCCC3)ccc2OC[C@H]2O[C@@H](CC(=O)O)CC[C@H]21. The number of nitrogens with zero attached hydrogens (tertiary/aromatic N) is 1. The molecule has 1 saturated heterocycles. The molecule has 4 rings (SSSR count). The molecule has 0 spiro atoms. The van der Waals surface area contributed by atoms with E-state index in [1.54, 1.807) is 30.1 Å². The summed E-state index contributed by atoms with van der Waals surface area (Å²) in [6, 6.07) is 4.93. The smallest absolute Gasteiger partial charge is 0.305 e. The Labute approximate surface area is 175 Å². The van der Waals surface area contributed by atoms with E-state index in [9.17, 15) is 14.4 Å². The summed E-state index contributed by atoms with van der Waals surface area (Å²) in [6.07, 6.45) is 4.41. The van der Waals surface area contributed by atoms with Gasteiger partial charge < -0.3 is 24.8 Å². The monoisotopic (exact) mass is 416 g/mol. The molecule has 3 aliphatic rings. The van der Waals surface area contributed by atoms with Gasteiger partial charge in [0.15, 0.2) is 0 Å². The van der Waals surface area contributed by atoms with Crippen LogP contribution in [0.5, 0.6) is 5.75 Å². The van der Waals surface area contributed by atoms with Crippen molar-refractivity contribution < 1.29 is 29.0 Å². The second kappa shape index (κ2) is 8.63. The van der Waals surface area contributed by atoms with Gasteiger partial charge in [0.25, 0.3) is 5.91 Å². The zero-order valence-corrected chi connectivity index (χ0v) is 17.1. The van der Waals surface area contributed by atoms with Crippen LogP contribution in [0.15, 0.2) is 18.2 Å². The number of amides is 2. The minimum atomic E-state index is -0.896. The predicted molar refractivity (Wildman–Crippen MR) is 109 cm³/mol. The summed E-state index contributed by atoms with van der Waals surface area (Å²) in [6.45, 7) is 0.235. The number of hydrogen-bond acceptors (Lipinski definition) is 5. The predicted octanol–water partition coefficient (Wildman–Crippen LogP) is 2.67. The lowest BCUT2D eigenvalue weighted by molar-refractivity contribution is -0.148. The van der Waals surface area contributed by atoms with Crippen molar-refractivity contribution in [1.82, 2.24) is 4.90 Å². The number of ether oxygens (including phenoxy) is 2. The Kier molecular flexibility index (Phi) is 5.94. The van der Waals surface area contributed by atoms with Gasteiger partial charge >= 0.3 is 5.97 Å².